The second-order valence-electron chi connectivity index (χ2n) is 5.52. The van der Waals surface area contributed by atoms with Gasteiger partial charge in [-0.2, -0.15) is 10.2 Å². The normalized spacial score (nSPS) is 11.0. The third kappa shape index (κ3) is 3.61. The second kappa shape index (κ2) is 7.60. The Morgan fingerprint density at radius 3 is 2.58 bits per heavy atom. The number of benzene rings is 2. The molecular weight excluding hydrogens is 332 g/mol. The summed E-state index contributed by atoms with van der Waals surface area (Å²) in [7, 11) is 1.51. The fourth-order valence-corrected chi connectivity index (χ4v) is 2.50. The molecule has 7 heteroatoms. The zero-order chi connectivity index (χ0) is 18.5. The summed E-state index contributed by atoms with van der Waals surface area (Å²) in [5.74, 6) is 0.286. The predicted molar refractivity (Wildman–Crippen MR) is 99.7 cm³/mol. The highest BCUT2D eigenvalue weighted by Crippen LogP contribution is 2.13. The highest BCUT2D eigenvalue weighted by molar-refractivity contribution is 6.04. The van der Waals surface area contributed by atoms with Gasteiger partial charge in [0, 0.05) is 12.4 Å². The molecule has 0 bridgehead atoms. The molecule has 0 radical (unpaired) electrons. The summed E-state index contributed by atoms with van der Waals surface area (Å²) >= 11 is 0. The number of hydrogen-bond acceptors (Lipinski definition) is 5. The van der Waals surface area contributed by atoms with Gasteiger partial charge in [0.25, 0.3) is 11.5 Å². The molecule has 0 fully saturated rings. The molecular formula is C19H18N4O3. The first-order chi connectivity index (χ1) is 12.6. The predicted octanol–water partition coefficient (Wildman–Crippen LogP) is 2.10. The van der Waals surface area contributed by atoms with Gasteiger partial charge in [0.2, 0.25) is 0 Å². The Morgan fingerprint density at radius 1 is 1.19 bits per heavy atom. The van der Waals surface area contributed by atoms with E-state index in [-0.39, 0.29) is 11.3 Å². The Hall–Kier alpha value is -3.48. The number of ether oxygens (including phenoxy) is 1. The van der Waals surface area contributed by atoms with Crippen LogP contribution in [-0.2, 0) is 7.05 Å². The van der Waals surface area contributed by atoms with Crippen molar-refractivity contribution >= 4 is 22.9 Å². The van der Waals surface area contributed by atoms with E-state index in [9.17, 15) is 9.59 Å². The number of aromatic nitrogens is 2. The van der Waals surface area contributed by atoms with Gasteiger partial charge in [-0.15, -0.1) is 0 Å². The van der Waals surface area contributed by atoms with Gasteiger partial charge < -0.3 is 4.74 Å². The minimum atomic E-state index is -0.487. The Labute approximate surface area is 149 Å². The number of nitrogens with zero attached hydrogens (tertiary/aromatic N) is 3. The highest BCUT2D eigenvalue weighted by atomic mass is 16.5. The number of fused-ring (bicyclic) bond motifs is 1. The molecule has 0 atom stereocenters. The smallest absolute Gasteiger partial charge is 0.292 e. The van der Waals surface area contributed by atoms with E-state index in [1.807, 2.05) is 31.2 Å². The first kappa shape index (κ1) is 17.3. The van der Waals surface area contributed by atoms with Crippen molar-refractivity contribution in [2.24, 2.45) is 12.1 Å². The van der Waals surface area contributed by atoms with E-state index in [2.05, 4.69) is 15.6 Å². The van der Waals surface area contributed by atoms with Crippen LogP contribution < -0.4 is 15.7 Å². The van der Waals surface area contributed by atoms with E-state index < -0.39 is 5.91 Å². The molecule has 1 amide bonds. The molecule has 2 aromatic carbocycles. The van der Waals surface area contributed by atoms with Gasteiger partial charge in [0.15, 0.2) is 5.69 Å². The van der Waals surface area contributed by atoms with Crippen LogP contribution >= 0.6 is 0 Å². The maximum Gasteiger partial charge on any atom is 0.292 e. The number of amides is 1. The van der Waals surface area contributed by atoms with Crippen molar-refractivity contribution in [3.63, 3.8) is 0 Å². The number of rotatable bonds is 5. The number of aryl methyl sites for hydroxylation is 1. The molecule has 0 spiro atoms. The monoisotopic (exact) mass is 350 g/mol. The number of carbonyl (C=O) groups excluding carboxylic acids is 1. The first-order valence-corrected chi connectivity index (χ1v) is 8.12. The summed E-state index contributed by atoms with van der Waals surface area (Å²) in [4.78, 5) is 24.5. The van der Waals surface area contributed by atoms with E-state index in [1.165, 1.54) is 13.3 Å². The molecule has 26 heavy (non-hydrogen) atoms. The Kier molecular flexibility index (Phi) is 5.07. The summed E-state index contributed by atoms with van der Waals surface area (Å²) in [6.07, 6.45) is 1.53. The number of nitrogens with one attached hydrogen (secondary N) is 1. The lowest BCUT2D eigenvalue weighted by Gasteiger charge is -2.06. The lowest BCUT2D eigenvalue weighted by Crippen LogP contribution is -2.27. The lowest BCUT2D eigenvalue weighted by atomic mass is 10.1. The molecule has 7 nitrogen and oxygen atoms in total. The van der Waals surface area contributed by atoms with Crippen LogP contribution in [-0.4, -0.2) is 28.5 Å². The van der Waals surface area contributed by atoms with E-state index in [0.717, 1.165) is 16.0 Å². The van der Waals surface area contributed by atoms with Crippen LogP contribution in [0.15, 0.2) is 58.4 Å². The molecule has 3 aromatic rings. The Bertz CT molecular complexity index is 1020. The van der Waals surface area contributed by atoms with Gasteiger partial charge in [0.1, 0.15) is 5.75 Å². The fourth-order valence-electron chi connectivity index (χ4n) is 2.50. The molecule has 1 aromatic heterocycles. The lowest BCUT2D eigenvalue weighted by molar-refractivity contribution is 0.0950. The molecule has 0 unspecified atom stereocenters. The van der Waals surface area contributed by atoms with Crippen LogP contribution in [0.3, 0.4) is 0 Å². The summed E-state index contributed by atoms with van der Waals surface area (Å²) in [5.41, 5.74) is 3.15. The van der Waals surface area contributed by atoms with Gasteiger partial charge in [0.05, 0.1) is 18.2 Å². The number of hydrazone groups is 1. The summed E-state index contributed by atoms with van der Waals surface area (Å²) < 4.78 is 6.52. The van der Waals surface area contributed by atoms with Crippen molar-refractivity contribution in [2.75, 3.05) is 6.61 Å². The van der Waals surface area contributed by atoms with Crippen LogP contribution in [0.25, 0.3) is 10.8 Å². The van der Waals surface area contributed by atoms with Crippen molar-refractivity contribution in [2.45, 2.75) is 6.92 Å². The van der Waals surface area contributed by atoms with Crippen LogP contribution in [0, 0.1) is 0 Å². The highest BCUT2D eigenvalue weighted by Gasteiger charge is 2.14. The average Bonchev–Trinajstić information content (AvgIpc) is 2.66. The molecule has 0 saturated carbocycles. The molecule has 0 aliphatic heterocycles. The molecule has 3 rings (SSSR count). The van der Waals surface area contributed by atoms with Crippen LogP contribution in [0.2, 0.25) is 0 Å². The van der Waals surface area contributed by atoms with E-state index in [1.54, 1.807) is 24.3 Å². The van der Waals surface area contributed by atoms with Gasteiger partial charge in [-0.1, -0.05) is 18.2 Å². The molecule has 1 N–H and O–H groups in total. The van der Waals surface area contributed by atoms with Crippen molar-refractivity contribution in [3.05, 3.63) is 70.1 Å². The van der Waals surface area contributed by atoms with Crippen molar-refractivity contribution < 1.29 is 9.53 Å². The molecule has 1 heterocycles. The second-order valence-corrected chi connectivity index (χ2v) is 5.52. The van der Waals surface area contributed by atoms with E-state index >= 15 is 0 Å². The van der Waals surface area contributed by atoms with Crippen LogP contribution in [0.5, 0.6) is 5.75 Å². The number of carbonyl (C=O) groups is 1. The van der Waals surface area contributed by atoms with Crippen molar-refractivity contribution in [1.82, 2.24) is 15.2 Å². The minimum absolute atomic E-state index is 0.145. The van der Waals surface area contributed by atoms with Gasteiger partial charge >= 0.3 is 0 Å². The Morgan fingerprint density at radius 2 is 1.88 bits per heavy atom. The summed E-state index contributed by atoms with van der Waals surface area (Å²) in [6, 6.07) is 14.2. The summed E-state index contributed by atoms with van der Waals surface area (Å²) in [5, 5.41) is 8.95. The van der Waals surface area contributed by atoms with Crippen molar-refractivity contribution in [3.8, 4) is 5.75 Å². The summed E-state index contributed by atoms with van der Waals surface area (Å²) in [6.45, 7) is 2.52. The topological polar surface area (TPSA) is 85.6 Å². The molecule has 132 valence electrons. The number of hydrogen-bond donors (Lipinski definition) is 1. The molecule has 0 aliphatic rings. The molecule has 0 saturated heterocycles. The maximum absolute atomic E-state index is 12.4. The van der Waals surface area contributed by atoms with Crippen LogP contribution in [0.1, 0.15) is 23.0 Å². The van der Waals surface area contributed by atoms with Gasteiger partial charge in [-0.25, -0.2) is 10.1 Å². The standard InChI is InChI=1S/C19H18N4O3/c1-3-26-14-10-8-13(9-11-14)12-20-21-18(24)17-15-6-4-5-7-16(15)19(25)23(2)22-17/h4-12H,3H2,1-2H3,(H,21,24)/b20-12-. The van der Waals surface area contributed by atoms with Gasteiger partial charge in [-0.3, -0.25) is 9.59 Å². The fraction of sp³-hybridized carbons (Fsp3) is 0.158. The first-order valence-electron chi connectivity index (χ1n) is 8.12. The van der Waals surface area contributed by atoms with E-state index in [0.29, 0.717) is 17.4 Å². The van der Waals surface area contributed by atoms with Gasteiger partial charge in [-0.05, 0) is 42.8 Å². The largest absolute Gasteiger partial charge is 0.494 e. The third-order valence-corrected chi connectivity index (χ3v) is 3.74. The Balaban J connectivity index is 1.79. The zero-order valence-electron chi connectivity index (χ0n) is 14.5. The molecule has 0 aliphatic carbocycles. The minimum Gasteiger partial charge on any atom is -0.494 e. The maximum atomic E-state index is 12.4. The zero-order valence-corrected chi connectivity index (χ0v) is 14.5. The third-order valence-electron chi connectivity index (χ3n) is 3.74. The van der Waals surface area contributed by atoms with E-state index in [4.69, 9.17) is 4.74 Å². The van der Waals surface area contributed by atoms with Crippen LogP contribution in [0.4, 0.5) is 0 Å². The quantitative estimate of drug-likeness (QED) is 0.564. The average molecular weight is 350 g/mol. The van der Waals surface area contributed by atoms with Crippen molar-refractivity contribution in [1.29, 1.82) is 0 Å². The SMILES string of the molecule is CCOc1ccc(/C=N\NC(=O)c2nn(C)c(=O)c3ccccc23)cc1.